The van der Waals surface area contributed by atoms with Crippen molar-refractivity contribution in [2.45, 2.75) is 44.7 Å². The number of hydrogen-bond donors (Lipinski definition) is 2. The highest BCUT2D eigenvalue weighted by molar-refractivity contribution is 7.13. The average molecular weight is 426 g/mol. The van der Waals surface area contributed by atoms with E-state index in [0.29, 0.717) is 11.3 Å². The van der Waals surface area contributed by atoms with Crippen molar-refractivity contribution in [2.24, 2.45) is 0 Å². The molecule has 0 aliphatic heterocycles. The Hall–Kier alpha value is -3.20. The van der Waals surface area contributed by atoms with Crippen LogP contribution in [0.4, 0.5) is 5.69 Å². The van der Waals surface area contributed by atoms with E-state index in [1.807, 2.05) is 11.4 Å². The van der Waals surface area contributed by atoms with Crippen molar-refractivity contribution in [1.29, 1.82) is 0 Å². The second kappa shape index (κ2) is 9.08. The van der Waals surface area contributed by atoms with Crippen molar-refractivity contribution >= 4 is 28.8 Å². The first-order chi connectivity index (χ1) is 14.6. The molecular weight excluding hydrogens is 404 g/mol. The Morgan fingerprint density at radius 1 is 1.17 bits per heavy atom. The summed E-state index contributed by atoms with van der Waals surface area (Å²) in [4.78, 5) is 37.8. The molecule has 2 amide bonds. The summed E-state index contributed by atoms with van der Waals surface area (Å²) in [5.41, 5.74) is 0.876. The Morgan fingerprint density at radius 2 is 1.97 bits per heavy atom. The summed E-state index contributed by atoms with van der Waals surface area (Å²) in [7, 11) is 0. The van der Waals surface area contributed by atoms with Crippen LogP contribution in [-0.4, -0.2) is 27.6 Å². The Labute approximate surface area is 176 Å². The van der Waals surface area contributed by atoms with E-state index in [2.05, 4.69) is 15.7 Å². The van der Waals surface area contributed by atoms with Gasteiger partial charge in [0.25, 0.3) is 11.8 Å². The summed E-state index contributed by atoms with van der Waals surface area (Å²) in [6.07, 6.45) is 4.24. The largest absolute Gasteiger partial charge is 0.437 e. The molecule has 0 spiro atoms. The first kappa shape index (κ1) is 20.1. The predicted octanol–water partition coefficient (Wildman–Crippen LogP) is 3.27. The fourth-order valence-corrected chi connectivity index (χ4v) is 4.14. The highest BCUT2D eigenvalue weighted by Crippen LogP contribution is 2.22. The summed E-state index contributed by atoms with van der Waals surface area (Å²) in [6, 6.07) is 10.7. The van der Waals surface area contributed by atoms with Gasteiger partial charge in [-0.3, -0.25) is 9.59 Å². The minimum Gasteiger partial charge on any atom is -0.387 e. The van der Waals surface area contributed by atoms with Gasteiger partial charge in [0.2, 0.25) is 5.91 Å². The molecule has 1 fully saturated rings. The van der Waals surface area contributed by atoms with Gasteiger partial charge in [-0.2, -0.15) is 4.68 Å². The van der Waals surface area contributed by atoms with E-state index >= 15 is 0 Å². The first-order valence-corrected chi connectivity index (χ1v) is 10.8. The summed E-state index contributed by atoms with van der Waals surface area (Å²) in [5.74, 6) is -0.873. The van der Waals surface area contributed by atoms with Crippen molar-refractivity contribution in [1.82, 2.24) is 15.1 Å². The second-order valence-corrected chi connectivity index (χ2v) is 8.12. The van der Waals surface area contributed by atoms with Gasteiger partial charge >= 0.3 is 5.76 Å². The van der Waals surface area contributed by atoms with E-state index in [1.165, 1.54) is 11.3 Å². The van der Waals surface area contributed by atoms with Crippen molar-refractivity contribution in [3.05, 3.63) is 57.9 Å². The SMILES string of the molecule is O=C(CCn1nc(-c2cccs2)oc1=O)Nc1ccccc1C(=O)NC1CCCC1. The number of nitrogens with one attached hydrogen (secondary N) is 2. The van der Waals surface area contributed by atoms with E-state index in [9.17, 15) is 14.4 Å². The molecular formula is C21H22N4O4S. The number of rotatable bonds is 7. The molecule has 2 aromatic heterocycles. The number of para-hydroxylation sites is 1. The highest BCUT2D eigenvalue weighted by Gasteiger charge is 2.20. The third-order valence-corrected chi connectivity index (χ3v) is 5.88. The number of hydrogen-bond acceptors (Lipinski definition) is 6. The van der Waals surface area contributed by atoms with Crippen LogP contribution in [0.25, 0.3) is 10.8 Å². The Balaban J connectivity index is 1.38. The van der Waals surface area contributed by atoms with Gasteiger partial charge in [-0.05, 0) is 36.4 Å². The zero-order valence-corrected chi connectivity index (χ0v) is 17.1. The predicted molar refractivity (Wildman–Crippen MR) is 113 cm³/mol. The molecule has 0 saturated heterocycles. The van der Waals surface area contributed by atoms with Gasteiger partial charge in [0.05, 0.1) is 22.7 Å². The van der Waals surface area contributed by atoms with Gasteiger partial charge in [-0.1, -0.05) is 31.0 Å². The average Bonchev–Trinajstić information content (AvgIpc) is 3.49. The maximum Gasteiger partial charge on any atom is 0.437 e. The van der Waals surface area contributed by atoms with Crippen LogP contribution in [0.15, 0.2) is 51.0 Å². The van der Waals surface area contributed by atoms with E-state index in [0.717, 1.165) is 35.2 Å². The summed E-state index contributed by atoms with van der Waals surface area (Å²) >= 11 is 1.41. The zero-order chi connectivity index (χ0) is 20.9. The number of anilines is 1. The van der Waals surface area contributed by atoms with Gasteiger partial charge < -0.3 is 15.1 Å². The fourth-order valence-electron chi connectivity index (χ4n) is 3.49. The fraction of sp³-hybridized carbons (Fsp3) is 0.333. The molecule has 1 aromatic carbocycles. The second-order valence-electron chi connectivity index (χ2n) is 7.17. The highest BCUT2D eigenvalue weighted by atomic mass is 32.1. The molecule has 1 saturated carbocycles. The standard InChI is InChI=1S/C21H22N4O4S/c26-18(11-12-25-21(28)29-20(24-25)17-10-5-13-30-17)23-16-9-4-3-8-15(16)19(27)22-14-6-1-2-7-14/h3-5,8-10,13-14H,1-2,6-7,11-12H2,(H,22,27)(H,23,26). The molecule has 3 aromatic rings. The molecule has 4 rings (SSSR count). The van der Waals surface area contributed by atoms with Crippen LogP contribution in [-0.2, 0) is 11.3 Å². The molecule has 8 nitrogen and oxygen atoms in total. The summed E-state index contributed by atoms with van der Waals surface area (Å²) in [5, 5.41) is 11.8. The number of thiophene rings is 1. The van der Waals surface area contributed by atoms with Crippen molar-refractivity contribution in [3.63, 3.8) is 0 Å². The number of benzene rings is 1. The number of aryl methyl sites for hydroxylation is 1. The Kier molecular flexibility index (Phi) is 6.08. The van der Waals surface area contributed by atoms with Crippen molar-refractivity contribution in [3.8, 4) is 10.8 Å². The minimum atomic E-state index is -0.609. The van der Waals surface area contributed by atoms with Gasteiger partial charge in [0.15, 0.2) is 0 Å². The molecule has 2 heterocycles. The van der Waals surface area contributed by atoms with Gasteiger partial charge in [-0.25, -0.2) is 4.79 Å². The number of amides is 2. The lowest BCUT2D eigenvalue weighted by atomic mass is 10.1. The lowest BCUT2D eigenvalue weighted by Gasteiger charge is -2.15. The molecule has 0 bridgehead atoms. The van der Waals surface area contributed by atoms with Gasteiger partial charge in [-0.15, -0.1) is 16.4 Å². The molecule has 2 N–H and O–H groups in total. The summed E-state index contributed by atoms with van der Waals surface area (Å²) in [6.45, 7) is 0.0793. The first-order valence-electron chi connectivity index (χ1n) is 9.92. The Morgan fingerprint density at radius 3 is 2.73 bits per heavy atom. The molecule has 1 aliphatic carbocycles. The van der Waals surface area contributed by atoms with Crippen LogP contribution in [0, 0.1) is 0 Å². The monoisotopic (exact) mass is 426 g/mol. The van der Waals surface area contributed by atoms with E-state index in [4.69, 9.17) is 4.42 Å². The van der Waals surface area contributed by atoms with E-state index in [1.54, 1.807) is 30.3 Å². The number of carbonyl (C=O) groups is 2. The topological polar surface area (TPSA) is 106 Å². The summed E-state index contributed by atoms with van der Waals surface area (Å²) < 4.78 is 6.28. The number of carbonyl (C=O) groups excluding carboxylic acids is 2. The smallest absolute Gasteiger partial charge is 0.387 e. The Bertz CT molecular complexity index is 1080. The molecule has 0 radical (unpaired) electrons. The third-order valence-electron chi connectivity index (χ3n) is 5.03. The van der Waals surface area contributed by atoms with Crippen LogP contribution in [0.1, 0.15) is 42.5 Å². The molecule has 156 valence electrons. The number of aromatic nitrogens is 2. The molecule has 9 heteroatoms. The minimum absolute atomic E-state index is 0.0227. The molecule has 0 unspecified atom stereocenters. The van der Waals surface area contributed by atoms with E-state index < -0.39 is 5.76 Å². The van der Waals surface area contributed by atoms with Crippen LogP contribution >= 0.6 is 11.3 Å². The quantitative estimate of drug-likeness (QED) is 0.603. The molecule has 0 atom stereocenters. The van der Waals surface area contributed by atoms with Crippen molar-refractivity contribution < 1.29 is 14.0 Å². The lowest BCUT2D eigenvalue weighted by molar-refractivity contribution is -0.116. The lowest BCUT2D eigenvalue weighted by Crippen LogP contribution is -2.33. The molecule has 30 heavy (non-hydrogen) atoms. The molecule has 1 aliphatic rings. The van der Waals surface area contributed by atoms with Crippen LogP contribution < -0.4 is 16.4 Å². The third kappa shape index (κ3) is 4.68. The maximum atomic E-state index is 12.6. The van der Waals surface area contributed by atoms with Crippen LogP contribution in [0.2, 0.25) is 0 Å². The van der Waals surface area contributed by atoms with Crippen LogP contribution in [0.3, 0.4) is 0 Å². The van der Waals surface area contributed by atoms with Crippen molar-refractivity contribution in [2.75, 3.05) is 5.32 Å². The maximum absolute atomic E-state index is 12.6. The normalized spacial score (nSPS) is 14.0. The number of nitrogens with zero attached hydrogens (tertiary/aromatic N) is 2. The van der Waals surface area contributed by atoms with E-state index in [-0.39, 0.29) is 36.7 Å². The zero-order valence-electron chi connectivity index (χ0n) is 16.3. The van der Waals surface area contributed by atoms with Gasteiger partial charge in [0, 0.05) is 12.5 Å². The van der Waals surface area contributed by atoms with Crippen LogP contribution in [0.5, 0.6) is 0 Å². The van der Waals surface area contributed by atoms with Gasteiger partial charge in [0.1, 0.15) is 0 Å².